The highest BCUT2D eigenvalue weighted by atomic mass is 16.3. The van der Waals surface area contributed by atoms with Gasteiger partial charge < -0.3 is 10.0 Å². The molecule has 0 spiro atoms. The number of aromatic nitrogens is 2. The molecule has 1 aromatic heterocycles. The molecular formula is C15H19N3O2. The molecule has 0 aliphatic rings. The highest BCUT2D eigenvalue weighted by molar-refractivity contribution is 5.94. The summed E-state index contributed by atoms with van der Waals surface area (Å²) in [7, 11) is 1.74. The highest BCUT2D eigenvalue weighted by Crippen LogP contribution is 2.10. The summed E-state index contributed by atoms with van der Waals surface area (Å²) in [5.74, 6) is -0.0438. The molecule has 0 saturated heterocycles. The fourth-order valence-corrected chi connectivity index (χ4v) is 1.88. The maximum absolute atomic E-state index is 12.2. The number of aliphatic hydroxyl groups excluding tert-OH is 1. The molecule has 1 aromatic carbocycles. The molecule has 2 rings (SSSR count). The van der Waals surface area contributed by atoms with Crippen molar-refractivity contribution in [3.8, 4) is 5.69 Å². The molecule has 106 valence electrons. The molecule has 1 unspecified atom stereocenters. The molecule has 0 aliphatic heterocycles. The summed E-state index contributed by atoms with van der Waals surface area (Å²) in [6, 6.07) is 9.16. The van der Waals surface area contributed by atoms with E-state index in [0.29, 0.717) is 18.5 Å². The van der Waals surface area contributed by atoms with Gasteiger partial charge in [0.1, 0.15) is 0 Å². The van der Waals surface area contributed by atoms with Crippen molar-refractivity contribution in [1.82, 2.24) is 14.7 Å². The molecule has 5 heteroatoms. The van der Waals surface area contributed by atoms with E-state index < -0.39 is 6.10 Å². The second-order valence-corrected chi connectivity index (χ2v) is 4.86. The summed E-state index contributed by atoms with van der Waals surface area (Å²) in [5.41, 5.74) is 1.55. The fraction of sp³-hybridized carbons (Fsp3) is 0.333. The number of rotatable bonds is 5. The number of aliphatic hydroxyl groups is 1. The number of hydrogen-bond donors (Lipinski definition) is 1. The molecule has 20 heavy (non-hydrogen) atoms. The molecule has 0 radical (unpaired) electrons. The first-order valence-electron chi connectivity index (χ1n) is 6.61. The van der Waals surface area contributed by atoms with Crippen molar-refractivity contribution in [3.05, 3.63) is 48.3 Å². The quantitative estimate of drug-likeness (QED) is 0.902. The van der Waals surface area contributed by atoms with Gasteiger partial charge in [0.15, 0.2) is 0 Å². The molecule has 0 fully saturated rings. The fourth-order valence-electron chi connectivity index (χ4n) is 1.88. The third kappa shape index (κ3) is 3.45. The van der Waals surface area contributed by atoms with Gasteiger partial charge in [-0.15, -0.1) is 0 Å². The van der Waals surface area contributed by atoms with Crippen molar-refractivity contribution >= 4 is 5.91 Å². The SMILES string of the molecule is CC(O)CCN(C)C(=O)c1ccc(-n2cccn2)cc1. The Morgan fingerprint density at radius 3 is 2.65 bits per heavy atom. The van der Waals surface area contributed by atoms with Gasteiger partial charge in [-0.05, 0) is 43.7 Å². The Morgan fingerprint density at radius 2 is 2.10 bits per heavy atom. The molecule has 1 amide bonds. The Morgan fingerprint density at radius 1 is 1.40 bits per heavy atom. The lowest BCUT2D eigenvalue weighted by molar-refractivity contribution is 0.0769. The van der Waals surface area contributed by atoms with Crippen LogP contribution in [0.15, 0.2) is 42.7 Å². The molecular weight excluding hydrogens is 254 g/mol. The van der Waals surface area contributed by atoms with E-state index in [1.54, 1.807) is 41.9 Å². The lowest BCUT2D eigenvalue weighted by Crippen LogP contribution is -2.29. The second-order valence-electron chi connectivity index (χ2n) is 4.86. The molecule has 0 bridgehead atoms. The van der Waals surface area contributed by atoms with Gasteiger partial charge in [-0.2, -0.15) is 5.10 Å². The number of amides is 1. The van der Waals surface area contributed by atoms with Crippen LogP contribution < -0.4 is 0 Å². The van der Waals surface area contributed by atoms with Crippen LogP contribution in [-0.2, 0) is 0 Å². The lowest BCUT2D eigenvalue weighted by atomic mass is 10.1. The smallest absolute Gasteiger partial charge is 0.253 e. The zero-order chi connectivity index (χ0) is 14.5. The van der Waals surface area contributed by atoms with Gasteiger partial charge in [0.05, 0.1) is 11.8 Å². The van der Waals surface area contributed by atoms with Gasteiger partial charge in [-0.25, -0.2) is 4.68 Å². The first kappa shape index (κ1) is 14.3. The van der Waals surface area contributed by atoms with Crippen molar-refractivity contribution < 1.29 is 9.90 Å². The monoisotopic (exact) mass is 273 g/mol. The van der Waals surface area contributed by atoms with Crippen LogP contribution in [0.1, 0.15) is 23.7 Å². The Bertz CT molecular complexity index is 547. The van der Waals surface area contributed by atoms with Crippen LogP contribution in [0.2, 0.25) is 0 Å². The van der Waals surface area contributed by atoms with Crippen molar-refractivity contribution in [2.24, 2.45) is 0 Å². The van der Waals surface area contributed by atoms with Crippen LogP contribution in [0.4, 0.5) is 0 Å². The third-order valence-electron chi connectivity index (χ3n) is 3.11. The number of benzene rings is 1. The standard InChI is InChI=1S/C15H19N3O2/c1-12(19)8-11-17(2)15(20)13-4-6-14(7-5-13)18-10-3-9-16-18/h3-7,9-10,12,19H,8,11H2,1-2H3. The van der Waals surface area contributed by atoms with Gasteiger partial charge in [-0.3, -0.25) is 4.79 Å². The Balaban J connectivity index is 2.04. The van der Waals surface area contributed by atoms with Gasteiger partial charge >= 0.3 is 0 Å². The largest absolute Gasteiger partial charge is 0.393 e. The molecule has 1 N–H and O–H groups in total. The first-order chi connectivity index (χ1) is 9.58. The van der Waals surface area contributed by atoms with E-state index in [1.807, 2.05) is 24.4 Å². The van der Waals surface area contributed by atoms with Crippen LogP contribution in [0.25, 0.3) is 5.69 Å². The lowest BCUT2D eigenvalue weighted by Gasteiger charge is -2.18. The predicted molar refractivity (Wildman–Crippen MR) is 76.8 cm³/mol. The van der Waals surface area contributed by atoms with Crippen LogP contribution in [-0.4, -0.2) is 45.4 Å². The van der Waals surface area contributed by atoms with Crippen LogP contribution in [0.3, 0.4) is 0 Å². The molecule has 0 aliphatic carbocycles. The van der Waals surface area contributed by atoms with Crippen molar-refractivity contribution in [3.63, 3.8) is 0 Å². The Labute approximate surface area is 118 Å². The summed E-state index contributed by atoms with van der Waals surface area (Å²) in [6.45, 7) is 2.26. The summed E-state index contributed by atoms with van der Waals surface area (Å²) in [6.07, 6.45) is 3.75. The van der Waals surface area contributed by atoms with E-state index in [1.165, 1.54) is 0 Å². The van der Waals surface area contributed by atoms with Gasteiger partial charge in [0.25, 0.3) is 5.91 Å². The van der Waals surface area contributed by atoms with E-state index in [4.69, 9.17) is 0 Å². The average Bonchev–Trinajstić information content (AvgIpc) is 2.98. The Kier molecular flexibility index (Phi) is 4.53. The van der Waals surface area contributed by atoms with Gasteiger partial charge in [0.2, 0.25) is 0 Å². The summed E-state index contributed by atoms with van der Waals surface area (Å²) in [4.78, 5) is 13.8. The van der Waals surface area contributed by atoms with E-state index in [-0.39, 0.29) is 5.91 Å². The van der Waals surface area contributed by atoms with E-state index in [0.717, 1.165) is 5.69 Å². The van der Waals surface area contributed by atoms with Gasteiger partial charge in [0, 0.05) is 31.5 Å². The summed E-state index contributed by atoms with van der Waals surface area (Å²) in [5, 5.41) is 13.4. The summed E-state index contributed by atoms with van der Waals surface area (Å²) >= 11 is 0. The highest BCUT2D eigenvalue weighted by Gasteiger charge is 2.12. The minimum atomic E-state index is -0.396. The van der Waals surface area contributed by atoms with Gasteiger partial charge in [-0.1, -0.05) is 0 Å². The Hall–Kier alpha value is -2.14. The number of carbonyl (C=O) groups is 1. The zero-order valence-electron chi connectivity index (χ0n) is 11.7. The second kappa shape index (κ2) is 6.34. The predicted octanol–water partition coefficient (Wildman–Crippen LogP) is 1.72. The topological polar surface area (TPSA) is 58.4 Å². The molecule has 0 saturated carbocycles. The average molecular weight is 273 g/mol. The number of nitrogens with zero attached hydrogens (tertiary/aromatic N) is 3. The minimum Gasteiger partial charge on any atom is -0.393 e. The summed E-state index contributed by atoms with van der Waals surface area (Å²) < 4.78 is 1.74. The first-order valence-corrected chi connectivity index (χ1v) is 6.61. The maximum atomic E-state index is 12.2. The number of hydrogen-bond acceptors (Lipinski definition) is 3. The van der Waals surface area contributed by atoms with Crippen LogP contribution in [0, 0.1) is 0 Å². The third-order valence-corrected chi connectivity index (χ3v) is 3.11. The van der Waals surface area contributed by atoms with E-state index in [9.17, 15) is 9.90 Å². The van der Waals surface area contributed by atoms with E-state index >= 15 is 0 Å². The maximum Gasteiger partial charge on any atom is 0.253 e. The zero-order valence-corrected chi connectivity index (χ0v) is 11.7. The van der Waals surface area contributed by atoms with Crippen molar-refractivity contribution in [1.29, 1.82) is 0 Å². The molecule has 5 nitrogen and oxygen atoms in total. The van der Waals surface area contributed by atoms with Crippen LogP contribution in [0.5, 0.6) is 0 Å². The molecule has 1 atom stereocenters. The molecule has 1 heterocycles. The minimum absolute atomic E-state index is 0.0438. The molecule has 2 aromatic rings. The van der Waals surface area contributed by atoms with E-state index in [2.05, 4.69) is 5.10 Å². The number of carbonyl (C=O) groups excluding carboxylic acids is 1. The van der Waals surface area contributed by atoms with Crippen LogP contribution >= 0.6 is 0 Å². The normalized spacial score (nSPS) is 12.2. The van der Waals surface area contributed by atoms with Crippen molar-refractivity contribution in [2.75, 3.05) is 13.6 Å². The van der Waals surface area contributed by atoms with Crippen molar-refractivity contribution in [2.45, 2.75) is 19.4 Å².